The van der Waals surface area contributed by atoms with Gasteiger partial charge >= 0.3 is 0 Å². The highest BCUT2D eigenvalue weighted by atomic mass is 16.5. The molecule has 1 aliphatic rings. The Kier molecular flexibility index (Phi) is 9.06. The Morgan fingerprint density at radius 2 is 1.87 bits per heavy atom. The second-order valence-corrected chi connectivity index (χ2v) is 7.49. The number of unbranched alkanes of at least 4 members (excludes halogenated alkanes) is 2. The quantitative estimate of drug-likeness (QED) is 0.506. The van der Waals surface area contributed by atoms with E-state index in [9.17, 15) is 0 Å². The zero-order valence-corrected chi connectivity index (χ0v) is 18.3. The van der Waals surface area contributed by atoms with Crippen LogP contribution in [0.2, 0.25) is 0 Å². The molecule has 1 aromatic carbocycles. The minimum Gasteiger partial charge on any atom is -0.496 e. The van der Waals surface area contributed by atoms with Gasteiger partial charge in [-0.3, -0.25) is 4.90 Å². The Labute approximate surface area is 180 Å². The largest absolute Gasteiger partial charge is 0.496 e. The average molecular weight is 411 g/mol. The minimum atomic E-state index is 0.675. The van der Waals surface area contributed by atoms with Crippen LogP contribution >= 0.6 is 0 Å². The summed E-state index contributed by atoms with van der Waals surface area (Å²) in [5.41, 5.74) is 2.32. The van der Waals surface area contributed by atoms with E-state index in [4.69, 9.17) is 14.2 Å². The van der Waals surface area contributed by atoms with Crippen LogP contribution in [0.15, 0.2) is 48.7 Å². The van der Waals surface area contributed by atoms with Crippen molar-refractivity contribution >= 4 is 12.2 Å². The van der Waals surface area contributed by atoms with Crippen LogP contribution in [0.5, 0.6) is 11.5 Å². The molecule has 1 fully saturated rings. The van der Waals surface area contributed by atoms with Gasteiger partial charge in [0.15, 0.2) is 0 Å². The molecule has 162 valence electrons. The Hall–Kier alpha value is -2.50. The Balaban J connectivity index is 1.40. The van der Waals surface area contributed by atoms with Crippen molar-refractivity contribution in [1.29, 1.82) is 0 Å². The summed E-state index contributed by atoms with van der Waals surface area (Å²) in [4.78, 5) is 2.37. The van der Waals surface area contributed by atoms with Crippen LogP contribution in [0, 0.1) is 0 Å². The van der Waals surface area contributed by atoms with E-state index in [1.807, 2.05) is 12.1 Å². The van der Waals surface area contributed by atoms with Crippen LogP contribution < -0.4 is 9.47 Å². The van der Waals surface area contributed by atoms with E-state index in [1.54, 1.807) is 7.11 Å². The van der Waals surface area contributed by atoms with Crippen LogP contribution in [0.3, 0.4) is 0 Å². The fourth-order valence-electron chi connectivity index (χ4n) is 3.45. The third kappa shape index (κ3) is 7.08. The van der Waals surface area contributed by atoms with Crippen LogP contribution in [0.1, 0.15) is 30.5 Å². The van der Waals surface area contributed by atoms with Crippen molar-refractivity contribution in [2.45, 2.75) is 19.3 Å². The molecule has 0 bridgehead atoms. The van der Waals surface area contributed by atoms with E-state index in [0.29, 0.717) is 6.61 Å². The van der Waals surface area contributed by atoms with Gasteiger partial charge in [0.25, 0.3) is 0 Å². The number of benzene rings is 1. The van der Waals surface area contributed by atoms with Crippen molar-refractivity contribution in [3.63, 3.8) is 0 Å². The summed E-state index contributed by atoms with van der Waals surface area (Å²) in [5, 5.41) is 0. The highest BCUT2D eigenvalue weighted by molar-refractivity contribution is 5.59. The normalized spacial score (nSPS) is 15.3. The first-order valence-electron chi connectivity index (χ1n) is 10.8. The molecular weight excluding hydrogens is 376 g/mol. The monoisotopic (exact) mass is 410 g/mol. The molecule has 3 rings (SSSR count). The molecule has 0 N–H and O–H groups in total. The molecule has 30 heavy (non-hydrogen) atoms. The number of aryl methyl sites for hydroxylation is 1. The minimum absolute atomic E-state index is 0.675. The summed E-state index contributed by atoms with van der Waals surface area (Å²) in [7, 11) is 3.77. The van der Waals surface area contributed by atoms with Gasteiger partial charge in [0, 0.05) is 50.2 Å². The van der Waals surface area contributed by atoms with E-state index in [2.05, 4.69) is 65.2 Å². The lowest BCUT2D eigenvalue weighted by Gasteiger charge is -2.26. The SMILES string of the molecule is COc1cc(OCCN2CCOCC2)ccc1/C=C/CCC/C=C/c1cccn1C. The Bertz CT molecular complexity index is 820. The van der Waals surface area contributed by atoms with Crippen LogP contribution in [-0.4, -0.2) is 56.0 Å². The first kappa shape index (κ1) is 22.2. The summed E-state index contributed by atoms with van der Waals surface area (Å²) in [5.74, 6) is 1.70. The van der Waals surface area contributed by atoms with Crippen molar-refractivity contribution in [2.24, 2.45) is 7.05 Å². The predicted octanol–water partition coefficient (Wildman–Crippen LogP) is 4.64. The molecule has 0 aliphatic carbocycles. The Morgan fingerprint density at radius 1 is 1.07 bits per heavy atom. The van der Waals surface area contributed by atoms with Crippen LogP contribution in [0.25, 0.3) is 12.2 Å². The molecule has 0 unspecified atom stereocenters. The topological polar surface area (TPSA) is 35.9 Å². The predicted molar refractivity (Wildman–Crippen MR) is 123 cm³/mol. The maximum atomic E-state index is 5.92. The summed E-state index contributed by atoms with van der Waals surface area (Å²) < 4.78 is 19.0. The average Bonchev–Trinajstić information content (AvgIpc) is 3.19. The lowest BCUT2D eigenvalue weighted by atomic mass is 10.1. The number of allylic oxidation sites excluding steroid dienone is 2. The van der Waals surface area contributed by atoms with E-state index in [-0.39, 0.29) is 0 Å². The zero-order chi connectivity index (χ0) is 21.0. The van der Waals surface area contributed by atoms with Gasteiger partial charge in [0.2, 0.25) is 0 Å². The molecule has 0 radical (unpaired) electrons. The van der Waals surface area contributed by atoms with Crippen molar-refractivity contribution in [3.05, 3.63) is 59.9 Å². The fourth-order valence-corrected chi connectivity index (χ4v) is 3.45. The Morgan fingerprint density at radius 3 is 2.60 bits per heavy atom. The third-order valence-corrected chi connectivity index (χ3v) is 5.30. The van der Waals surface area contributed by atoms with Gasteiger partial charge in [-0.05, 0) is 49.6 Å². The number of aromatic nitrogens is 1. The number of morpholine rings is 1. The van der Waals surface area contributed by atoms with E-state index < -0.39 is 0 Å². The van der Waals surface area contributed by atoms with Gasteiger partial charge in [0.1, 0.15) is 18.1 Å². The van der Waals surface area contributed by atoms with Crippen molar-refractivity contribution in [1.82, 2.24) is 9.47 Å². The first-order chi connectivity index (χ1) is 14.8. The zero-order valence-electron chi connectivity index (χ0n) is 18.3. The standard InChI is InChI=1S/C25H34N2O3/c1-26-14-8-11-23(26)10-7-5-3-4-6-9-22-12-13-24(21-25(22)28-2)30-20-17-27-15-18-29-19-16-27/h6-14,21H,3-5,15-20H2,1-2H3/b9-6+,10-7+. The maximum absolute atomic E-state index is 5.92. The van der Waals surface area contributed by atoms with Crippen molar-refractivity contribution < 1.29 is 14.2 Å². The second-order valence-electron chi connectivity index (χ2n) is 7.49. The number of ether oxygens (including phenoxy) is 3. The van der Waals surface area contributed by atoms with E-state index in [0.717, 1.165) is 69.2 Å². The molecule has 5 heteroatoms. The molecule has 2 aromatic rings. The lowest BCUT2D eigenvalue weighted by molar-refractivity contribution is 0.0322. The summed E-state index contributed by atoms with van der Waals surface area (Å²) >= 11 is 0. The van der Waals surface area contributed by atoms with Crippen LogP contribution in [-0.2, 0) is 11.8 Å². The van der Waals surface area contributed by atoms with Gasteiger partial charge in [-0.1, -0.05) is 18.2 Å². The van der Waals surface area contributed by atoms with Gasteiger partial charge in [0.05, 0.1) is 20.3 Å². The lowest BCUT2D eigenvalue weighted by Crippen LogP contribution is -2.38. The van der Waals surface area contributed by atoms with Gasteiger partial charge in [-0.15, -0.1) is 0 Å². The van der Waals surface area contributed by atoms with Crippen molar-refractivity contribution in [2.75, 3.05) is 46.6 Å². The number of methoxy groups -OCH3 is 1. The molecule has 1 saturated heterocycles. The molecule has 1 aliphatic heterocycles. The molecule has 2 heterocycles. The van der Waals surface area contributed by atoms with Crippen LogP contribution in [0.4, 0.5) is 0 Å². The van der Waals surface area contributed by atoms with Crippen molar-refractivity contribution in [3.8, 4) is 11.5 Å². The van der Waals surface area contributed by atoms with Gasteiger partial charge < -0.3 is 18.8 Å². The smallest absolute Gasteiger partial charge is 0.129 e. The molecule has 0 saturated carbocycles. The third-order valence-electron chi connectivity index (χ3n) is 5.30. The number of rotatable bonds is 11. The van der Waals surface area contributed by atoms with Gasteiger partial charge in [-0.2, -0.15) is 0 Å². The molecule has 0 atom stereocenters. The molecular formula is C25H34N2O3. The number of nitrogens with zero attached hydrogens (tertiary/aromatic N) is 2. The highest BCUT2D eigenvalue weighted by Crippen LogP contribution is 2.26. The first-order valence-corrected chi connectivity index (χ1v) is 10.8. The summed E-state index contributed by atoms with van der Waals surface area (Å²) in [6.07, 6.45) is 14.1. The number of hydrogen-bond donors (Lipinski definition) is 0. The van der Waals surface area contributed by atoms with Gasteiger partial charge in [-0.25, -0.2) is 0 Å². The summed E-state index contributed by atoms with van der Waals surface area (Å²) in [6.45, 7) is 5.20. The van der Waals surface area contributed by atoms with E-state index >= 15 is 0 Å². The molecule has 0 spiro atoms. The summed E-state index contributed by atoms with van der Waals surface area (Å²) in [6, 6.07) is 10.2. The number of hydrogen-bond acceptors (Lipinski definition) is 4. The van der Waals surface area contributed by atoms with E-state index in [1.165, 1.54) is 5.69 Å². The second kappa shape index (κ2) is 12.3. The maximum Gasteiger partial charge on any atom is 0.129 e. The molecule has 0 amide bonds. The fraction of sp³-hybridized carbons (Fsp3) is 0.440. The molecule has 5 nitrogen and oxygen atoms in total. The highest BCUT2D eigenvalue weighted by Gasteiger charge is 2.10. The molecule has 1 aromatic heterocycles.